The van der Waals surface area contributed by atoms with Crippen molar-refractivity contribution in [3.05, 3.63) is 28.3 Å². The van der Waals surface area contributed by atoms with Crippen LogP contribution in [0.3, 0.4) is 0 Å². The maximum Gasteiger partial charge on any atom is 0.273 e. The van der Waals surface area contributed by atoms with Gasteiger partial charge in [0.25, 0.3) is 5.69 Å². The molecule has 1 fully saturated rings. The van der Waals surface area contributed by atoms with Crippen LogP contribution in [0.2, 0.25) is 0 Å². The third-order valence-corrected chi connectivity index (χ3v) is 4.35. The summed E-state index contributed by atoms with van der Waals surface area (Å²) in [7, 11) is 3.68. The Morgan fingerprint density at radius 3 is 2.76 bits per heavy atom. The van der Waals surface area contributed by atoms with E-state index in [2.05, 4.69) is 31.1 Å². The number of nitrogens with one attached hydrogen (secondary N) is 1. The third kappa shape index (κ3) is 3.44. The Hall–Kier alpha value is -1.82. The summed E-state index contributed by atoms with van der Waals surface area (Å²) < 4.78 is 5.28. The minimum absolute atomic E-state index is 0.0437. The zero-order chi connectivity index (χ0) is 15.6. The summed E-state index contributed by atoms with van der Waals surface area (Å²) in [4.78, 5) is 12.8. The quantitative estimate of drug-likeness (QED) is 0.683. The van der Waals surface area contributed by atoms with Gasteiger partial charge in [-0.3, -0.25) is 10.1 Å². The van der Waals surface area contributed by atoms with Gasteiger partial charge in [-0.15, -0.1) is 0 Å². The number of benzene rings is 1. The van der Waals surface area contributed by atoms with Gasteiger partial charge in [0.2, 0.25) is 0 Å². The fourth-order valence-corrected chi connectivity index (χ4v) is 2.85. The van der Waals surface area contributed by atoms with Crippen molar-refractivity contribution < 1.29 is 9.66 Å². The molecule has 1 saturated heterocycles. The van der Waals surface area contributed by atoms with E-state index in [-0.39, 0.29) is 5.69 Å². The van der Waals surface area contributed by atoms with Gasteiger partial charge in [-0.25, -0.2) is 0 Å². The van der Waals surface area contributed by atoms with E-state index in [1.54, 1.807) is 6.07 Å². The van der Waals surface area contributed by atoms with Gasteiger partial charge in [-0.1, -0.05) is 6.92 Å². The molecular formula is C15H23N3O3. The minimum atomic E-state index is -0.410. The Balaban J connectivity index is 2.17. The Kier molecular flexibility index (Phi) is 4.67. The van der Waals surface area contributed by atoms with Gasteiger partial charge in [0.05, 0.1) is 23.8 Å². The van der Waals surface area contributed by atoms with Crippen LogP contribution in [-0.4, -0.2) is 42.6 Å². The van der Waals surface area contributed by atoms with E-state index in [1.807, 2.05) is 0 Å². The van der Waals surface area contributed by atoms with Crippen molar-refractivity contribution in [2.45, 2.75) is 32.4 Å². The molecule has 0 amide bonds. The van der Waals surface area contributed by atoms with E-state index in [0.29, 0.717) is 23.8 Å². The number of hydrogen-bond acceptors (Lipinski definition) is 5. The van der Waals surface area contributed by atoms with Crippen LogP contribution in [0.5, 0.6) is 5.75 Å². The van der Waals surface area contributed by atoms with Gasteiger partial charge < -0.3 is 15.0 Å². The highest BCUT2D eigenvalue weighted by Gasteiger charge is 2.29. The molecule has 1 heterocycles. The van der Waals surface area contributed by atoms with Crippen LogP contribution in [0.25, 0.3) is 0 Å². The largest absolute Gasteiger partial charge is 0.494 e. The highest BCUT2D eigenvalue weighted by molar-refractivity contribution is 5.61. The Morgan fingerprint density at radius 2 is 2.14 bits per heavy atom. The van der Waals surface area contributed by atoms with Crippen LogP contribution in [0.1, 0.15) is 20.3 Å². The molecular weight excluding hydrogens is 270 g/mol. The van der Waals surface area contributed by atoms with E-state index < -0.39 is 4.92 Å². The van der Waals surface area contributed by atoms with E-state index in [1.165, 1.54) is 19.2 Å². The first-order valence-electron chi connectivity index (χ1n) is 7.21. The molecule has 3 atom stereocenters. The third-order valence-electron chi connectivity index (χ3n) is 4.35. The smallest absolute Gasteiger partial charge is 0.273 e. The monoisotopic (exact) mass is 293 g/mol. The molecule has 1 aromatic carbocycles. The molecule has 2 rings (SSSR count). The second kappa shape index (κ2) is 6.30. The summed E-state index contributed by atoms with van der Waals surface area (Å²) in [6.07, 6.45) is 1.04. The van der Waals surface area contributed by atoms with Crippen LogP contribution in [-0.2, 0) is 0 Å². The molecule has 0 saturated carbocycles. The highest BCUT2D eigenvalue weighted by atomic mass is 16.6. The number of hydrogen-bond donors (Lipinski definition) is 1. The van der Waals surface area contributed by atoms with Crippen LogP contribution < -0.4 is 10.1 Å². The number of ether oxygens (including phenoxy) is 1. The van der Waals surface area contributed by atoms with Gasteiger partial charge in [0, 0.05) is 24.7 Å². The van der Waals surface area contributed by atoms with E-state index in [0.717, 1.165) is 18.7 Å². The number of nitro benzene ring substituents is 1. The molecule has 0 bridgehead atoms. The number of non-ortho nitro benzene ring substituents is 1. The second-order valence-electron chi connectivity index (χ2n) is 5.89. The number of rotatable bonds is 4. The molecule has 1 aliphatic heterocycles. The first kappa shape index (κ1) is 15.6. The van der Waals surface area contributed by atoms with Crippen molar-refractivity contribution in [2.24, 2.45) is 5.92 Å². The Morgan fingerprint density at radius 1 is 1.43 bits per heavy atom. The molecule has 6 nitrogen and oxygen atoms in total. The zero-order valence-corrected chi connectivity index (χ0v) is 13.0. The normalized spacial score (nSPS) is 26.4. The summed E-state index contributed by atoms with van der Waals surface area (Å²) >= 11 is 0. The lowest BCUT2D eigenvalue weighted by Gasteiger charge is -2.40. The van der Waals surface area contributed by atoms with Crippen molar-refractivity contribution in [2.75, 3.05) is 26.0 Å². The maximum atomic E-state index is 10.8. The highest BCUT2D eigenvalue weighted by Crippen LogP contribution is 2.32. The molecule has 116 valence electrons. The summed E-state index contributed by atoms with van der Waals surface area (Å²) in [5.74, 6) is 1.02. The number of piperidine rings is 1. The minimum Gasteiger partial charge on any atom is -0.494 e. The predicted octanol–water partition coefficient (Wildman–Crippen LogP) is 2.74. The van der Waals surface area contributed by atoms with Crippen molar-refractivity contribution in [3.8, 4) is 5.75 Å². The van der Waals surface area contributed by atoms with Crippen molar-refractivity contribution in [1.82, 2.24) is 4.90 Å². The van der Waals surface area contributed by atoms with Gasteiger partial charge in [0.1, 0.15) is 5.75 Å². The number of anilines is 1. The number of methoxy groups -OCH3 is 1. The average Bonchev–Trinajstić information content (AvgIpc) is 2.44. The summed E-state index contributed by atoms with van der Waals surface area (Å²) in [5, 5.41) is 14.3. The van der Waals surface area contributed by atoms with Gasteiger partial charge >= 0.3 is 0 Å². The summed E-state index contributed by atoms with van der Waals surface area (Å²) in [5.41, 5.74) is 0.860. The van der Waals surface area contributed by atoms with Gasteiger partial charge in [0.15, 0.2) is 0 Å². The molecule has 1 aromatic rings. The predicted molar refractivity (Wildman–Crippen MR) is 82.9 cm³/mol. The Bertz CT molecular complexity index is 521. The van der Waals surface area contributed by atoms with E-state index in [4.69, 9.17) is 4.74 Å². The van der Waals surface area contributed by atoms with Crippen LogP contribution in [0.4, 0.5) is 11.4 Å². The SMILES string of the molecule is COc1cc([N+](=O)[O-])ccc1NC1CC(C)N(C)CC1C. The van der Waals surface area contributed by atoms with Crippen LogP contribution in [0, 0.1) is 16.0 Å². The molecule has 0 aromatic heterocycles. The van der Waals surface area contributed by atoms with Crippen molar-refractivity contribution >= 4 is 11.4 Å². The first-order valence-corrected chi connectivity index (χ1v) is 7.21. The fourth-order valence-electron chi connectivity index (χ4n) is 2.85. The van der Waals surface area contributed by atoms with Crippen LogP contribution >= 0.6 is 0 Å². The number of nitrogens with zero attached hydrogens (tertiary/aromatic N) is 2. The lowest BCUT2D eigenvalue weighted by atomic mass is 9.89. The molecule has 3 unspecified atom stereocenters. The number of likely N-dealkylation sites (tertiary alicyclic amines) is 1. The zero-order valence-electron chi connectivity index (χ0n) is 13.0. The standard InChI is InChI=1S/C15H23N3O3/c1-10-9-17(3)11(2)7-14(10)16-13-6-5-12(18(19)20)8-15(13)21-4/h5-6,8,10-11,14,16H,7,9H2,1-4H3. The fraction of sp³-hybridized carbons (Fsp3) is 0.600. The molecule has 0 radical (unpaired) electrons. The summed E-state index contributed by atoms with van der Waals surface area (Å²) in [6.45, 7) is 5.47. The molecule has 1 aliphatic rings. The van der Waals surface area contributed by atoms with Crippen molar-refractivity contribution in [1.29, 1.82) is 0 Å². The van der Waals surface area contributed by atoms with Crippen LogP contribution in [0.15, 0.2) is 18.2 Å². The Labute approximate surface area is 125 Å². The molecule has 1 N–H and O–H groups in total. The second-order valence-corrected chi connectivity index (χ2v) is 5.89. The lowest BCUT2D eigenvalue weighted by Crippen LogP contribution is -2.48. The molecule has 0 spiro atoms. The van der Waals surface area contributed by atoms with Crippen molar-refractivity contribution in [3.63, 3.8) is 0 Å². The number of nitro groups is 1. The maximum absolute atomic E-state index is 10.8. The van der Waals surface area contributed by atoms with Gasteiger partial charge in [-0.05, 0) is 32.4 Å². The van der Waals surface area contributed by atoms with Gasteiger partial charge in [-0.2, -0.15) is 0 Å². The average molecular weight is 293 g/mol. The molecule has 6 heteroatoms. The topological polar surface area (TPSA) is 67.6 Å². The van der Waals surface area contributed by atoms with E-state index in [9.17, 15) is 10.1 Å². The molecule has 0 aliphatic carbocycles. The lowest BCUT2D eigenvalue weighted by molar-refractivity contribution is -0.384. The first-order chi connectivity index (χ1) is 9.92. The van der Waals surface area contributed by atoms with E-state index >= 15 is 0 Å². The molecule has 21 heavy (non-hydrogen) atoms. The summed E-state index contributed by atoms with van der Waals surface area (Å²) in [6, 6.07) is 5.56.